The van der Waals surface area contributed by atoms with E-state index in [9.17, 15) is 8.42 Å². The van der Waals surface area contributed by atoms with Crippen molar-refractivity contribution in [3.05, 3.63) is 18.3 Å². The lowest BCUT2D eigenvalue weighted by atomic mass is 10.2. The molecule has 0 aliphatic rings. The third-order valence-electron chi connectivity index (χ3n) is 2.16. The first-order valence-corrected chi connectivity index (χ1v) is 6.79. The smallest absolute Gasteiger partial charge is 0.242 e. The molecule has 0 aliphatic heterocycles. The number of rotatable bonds is 6. The van der Waals surface area contributed by atoms with Crippen LogP contribution in [0, 0.1) is 0 Å². The highest BCUT2D eigenvalue weighted by molar-refractivity contribution is 7.89. The minimum absolute atomic E-state index is 0.0868. The number of nitrogens with zero attached hydrogens (tertiary/aromatic N) is 1. The molecule has 6 nitrogen and oxygen atoms in total. The fourth-order valence-electron chi connectivity index (χ4n) is 1.24. The van der Waals surface area contributed by atoms with E-state index in [2.05, 4.69) is 9.71 Å². The summed E-state index contributed by atoms with van der Waals surface area (Å²) in [6, 6.07) is 2.84. The van der Waals surface area contributed by atoms with Crippen molar-refractivity contribution in [2.45, 2.75) is 30.8 Å². The second kappa shape index (κ2) is 5.95. The molecule has 0 spiro atoms. The maximum Gasteiger partial charge on any atom is 0.242 e. The fourth-order valence-corrected chi connectivity index (χ4v) is 2.26. The molecule has 1 aromatic heterocycles. The van der Waals surface area contributed by atoms with E-state index in [0.717, 1.165) is 0 Å². The Kier molecular flexibility index (Phi) is 4.86. The summed E-state index contributed by atoms with van der Waals surface area (Å²) < 4.78 is 25.9. The van der Waals surface area contributed by atoms with Crippen LogP contribution in [0.4, 0.5) is 5.82 Å². The zero-order valence-corrected chi connectivity index (χ0v) is 10.4. The Morgan fingerprint density at radius 1 is 1.53 bits per heavy atom. The first-order valence-electron chi connectivity index (χ1n) is 5.31. The average molecular weight is 259 g/mol. The lowest BCUT2D eigenvalue weighted by Gasteiger charge is -2.07. The molecule has 0 aliphatic carbocycles. The highest BCUT2D eigenvalue weighted by Gasteiger charge is 2.13. The summed E-state index contributed by atoms with van der Waals surface area (Å²) in [5.74, 6) is 0.276. The van der Waals surface area contributed by atoms with Gasteiger partial charge in [-0.15, -0.1) is 0 Å². The lowest BCUT2D eigenvalue weighted by molar-refractivity contribution is 0.182. The highest BCUT2D eigenvalue weighted by atomic mass is 32.2. The van der Waals surface area contributed by atoms with Gasteiger partial charge in [0.15, 0.2) is 0 Å². The molecule has 7 heteroatoms. The fraction of sp³-hybridized carbons (Fsp3) is 0.500. The summed E-state index contributed by atoms with van der Waals surface area (Å²) in [7, 11) is -3.52. The molecule has 0 fully saturated rings. The number of aliphatic hydroxyl groups excluding tert-OH is 1. The Labute approximate surface area is 101 Å². The zero-order chi connectivity index (χ0) is 12.9. The van der Waals surface area contributed by atoms with Crippen LogP contribution in [-0.4, -0.2) is 31.2 Å². The Morgan fingerprint density at radius 3 is 2.76 bits per heavy atom. The number of anilines is 1. The van der Waals surface area contributed by atoms with Gasteiger partial charge in [0.2, 0.25) is 10.0 Å². The third-order valence-corrected chi connectivity index (χ3v) is 3.61. The van der Waals surface area contributed by atoms with E-state index in [1.54, 1.807) is 6.92 Å². The van der Waals surface area contributed by atoms with Crippen LogP contribution in [0.1, 0.15) is 19.8 Å². The number of pyridine rings is 1. The molecule has 0 bridgehead atoms. The molecule has 4 N–H and O–H groups in total. The van der Waals surface area contributed by atoms with Crippen molar-refractivity contribution in [1.29, 1.82) is 0 Å². The van der Waals surface area contributed by atoms with Crippen LogP contribution in [-0.2, 0) is 10.0 Å². The Balaban J connectivity index is 2.54. The summed E-state index contributed by atoms with van der Waals surface area (Å²) in [5.41, 5.74) is 5.37. The number of hydrogen-bond donors (Lipinski definition) is 3. The molecule has 17 heavy (non-hydrogen) atoms. The summed E-state index contributed by atoms with van der Waals surface area (Å²) in [4.78, 5) is 3.81. The van der Waals surface area contributed by atoms with Crippen LogP contribution in [0.2, 0.25) is 0 Å². The molecule has 0 saturated carbocycles. The summed E-state index contributed by atoms with van der Waals surface area (Å²) in [6.45, 7) is 1.95. The summed E-state index contributed by atoms with van der Waals surface area (Å²) in [6.07, 6.45) is 1.94. The van der Waals surface area contributed by atoms with Crippen LogP contribution >= 0.6 is 0 Å². The Bertz CT molecular complexity index is 442. The standard InChI is InChI=1S/C10H17N3O3S/c1-8(14)3-2-6-13-17(15,16)9-4-5-10(11)12-7-9/h4-5,7-8,13-14H,2-3,6H2,1H3,(H2,11,12). The quantitative estimate of drug-likeness (QED) is 0.628. The number of nitrogen functional groups attached to an aromatic ring is 1. The molecule has 0 saturated heterocycles. The number of sulfonamides is 1. The van der Waals surface area contributed by atoms with Crippen molar-refractivity contribution in [1.82, 2.24) is 9.71 Å². The second-order valence-corrected chi connectivity index (χ2v) is 5.57. The van der Waals surface area contributed by atoms with Gasteiger partial charge in [0.25, 0.3) is 0 Å². The maximum absolute atomic E-state index is 11.7. The molecule has 1 heterocycles. The number of hydrogen-bond acceptors (Lipinski definition) is 5. The monoisotopic (exact) mass is 259 g/mol. The average Bonchev–Trinajstić information content (AvgIpc) is 2.25. The Morgan fingerprint density at radius 2 is 2.24 bits per heavy atom. The molecule has 1 aromatic rings. The van der Waals surface area contributed by atoms with Crippen LogP contribution in [0.3, 0.4) is 0 Å². The minimum atomic E-state index is -3.52. The van der Waals surface area contributed by atoms with Gasteiger partial charge in [-0.05, 0) is 31.9 Å². The predicted octanol–water partition coefficient (Wildman–Crippen LogP) is 0.103. The molecule has 1 unspecified atom stereocenters. The van der Waals surface area contributed by atoms with Gasteiger partial charge in [0.05, 0.1) is 6.10 Å². The van der Waals surface area contributed by atoms with Crippen molar-refractivity contribution in [2.24, 2.45) is 0 Å². The third kappa shape index (κ3) is 4.68. The van der Waals surface area contributed by atoms with Gasteiger partial charge in [0, 0.05) is 12.7 Å². The van der Waals surface area contributed by atoms with E-state index in [-0.39, 0.29) is 17.3 Å². The zero-order valence-electron chi connectivity index (χ0n) is 9.63. The number of aliphatic hydroxyl groups is 1. The van der Waals surface area contributed by atoms with Crippen molar-refractivity contribution in [3.63, 3.8) is 0 Å². The minimum Gasteiger partial charge on any atom is -0.393 e. The van der Waals surface area contributed by atoms with Crippen LogP contribution in [0.25, 0.3) is 0 Å². The van der Waals surface area contributed by atoms with Crippen molar-refractivity contribution < 1.29 is 13.5 Å². The van der Waals surface area contributed by atoms with Crippen molar-refractivity contribution >= 4 is 15.8 Å². The maximum atomic E-state index is 11.7. The van der Waals surface area contributed by atoms with Gasteiger partial charge >= 0.3 is 0 Å². The normalized spacial score (nSPS) is 13.5. The second-order valence-electron chi connectivity index (χ2n) is 3.81. The first-order chi connectivity index (χ1) is 7.92. The molecule has 1 rings (SSSR count). The van der Waals surface area contributed by atoms with E-state index in [1.165, 1.54) is 18.3 Å². The van der Waals surface area contributed by atoms with E-state index < -0.39 is 16.1 Å². The van der Waals surface area contributed by atoms with E-state index in [1.807, 2.05) is 0 Å². The SMILES string of the molecule is CC(O)CCCNS(=O)(=O)c1ccc(N)nc1. The van der Waals surface area contributed by atoms with Gasteiger partial charge in [-0.25, -0.2) is 18.1 Å². The summed E-state index contributed by atoms with van der Waals surface area (Å²) >= 11 is 0. The predicted molar refractivity (Wildman–Crippen MR) is 64.8 cm³/mol. The molecule has 0 radical (unpaired) electrons. The summed E-state index contributed by atoms with van der Waals surface area (Å²) in [5, 5.41) is 9.03. The van der Waals surface area contributed by atoms with Gasteiger partial charge in [-0.3, -0.25) is 0 Å². The van der Waals surface area contributed by atoms with Crippen molar-refractivity contribution in [3.8, 4) is 0 Å². The van der Waals surface area contributed by atoms with Crippen LogP contribution in [0.15, 0.2) is 23.2 Å². The van der Waals surface area contributed by atoms with Gasteiger partial charge in [-0.1, -0.05) is 0 Å². The number of nitrogens with one attached hydrogen (secondary N) is 1. The van der Waals surface area contributed by atoms with Crippen LogP contribution in [0.5, 0.6) is 0 Å². The molecule has 0 amide bonds. The molecule has 1 atom stereocenters. The Hall–Kier alpha value is -1.18. The van der Waals surface area contributed by atoms with Gasteiger partial charge in [0.1, 0.15) is 10.7 Å². The van der Waals surface area contributed by atoms with E-state index in [0.29, 0.717) is 12.8 Å². The lowest BCUT2D eigenvalue weighted by Crippen LogP contribution is -2.25. The highest BCUT2D eigenvalue weighted by Crippen LogP contribution is 2.08. The van der Waals surface area contributed by atoms with Crippen LogP contribution < -0.4 is 10.5 Å². The number of nitrogens with two attached hydrogens (primary N) is 1. The first kappa shape index (κ1) is 13.9. The largest absolute Gasteiger partial charge is 0.393 e. The van der Waals surface area contributed by atoms with Gasteiger partial charge in [-0.2, -0.15) is 0 Å². The van der Waals surface area contributed by atoms with Gasteiger partial charge < -0.3 is 10.8 Å². The van der Waals surface area contributed by atoms with E-state index >= 15 is 0 Å². The molecular formula is C10H17N3O3S. The number of aromatic nitrogens is 1. The molecule has 96 valence electrons. The van der Waals surface area contributed by atoms with E-state index in [4.69, 9.17) is 10.8 Å². The van der Waals surface area contributed by atoms with Crippen molar-refractivity contribution in [2.75, 3.05) is 12.3 Å². The molecule has 0 aromatic carbocycles. The molecular weight excluding hydrogens is 242 g/mol. The topological polar surface area (TPSA) is 105 Å².